The van der Waals surface area contributed by atoms with Crippen LogP contribution in [0.3, 0.4) is 0 Å². The third kappa shape index (κ3) is 7.85. The number of methoxy groups -OCH3 is 1. The lowest BCUT2D eigenvalue weighted by Gasteiger charge is -2.44. The first-order valence-electron chi connectivity index (χ1n) is 13.1. The molecule has 0 saturated carbocycles. The van der Waals surface area contributed by atoms with Gasteiger partial charge in [-0.15, -0.1) is 0 Å². The van der Waals surface area contributed by atoms with Crippen molar-refractivity contribution in [1.29, 1.82) is 0 Å². The topological polar surface area (TPSA) is 260 Å². The van der Waals surface area contributed by atoms with Crippen molar-refractivity contribution in [2.24, 2.45) is 5.73 Å². The summed E-state index contributed by atoms with van der Waals surface area (Å²) in [6, 6.07) is 0.996. The number of hydrogen-bond donors (Lipinski definition) is 3. The smallest absolute Gasteiger partial charge is 0.330 e. The number of rotatable bonds is 11. The summed E-state index contributed by atoms with van der Waals surface area (Å²) < 4.78 is 45.0. The van der Waals surface area contributed by atoms with Gasteiger partial charge in [-0.2, -0.15) is 0 Å². The van der Waals surface area contributed by atoms with Crippen LogP contribution in [0, 0.1) is 0 Å². The molecule has 2 aliphatic rings. The molecule has 1 amide bonds. The second-order valence-corrected chi connectivity index (χ2v) is 9.69. The summed E-state index contributed by atoms with van der Waals surface area (Å²) in [5, 5.41) is 10.0. The average Bonchev–Trinajstić information content (AvgIpc) is 3.25. The first-order valence-corrected chi connectivity index (χ1v) is 13.1. The van der Waals surface area contributed by atoms with Crippen molar-refractivity contribution in [2.75, 3.05) is 13.7 Å². The molecular weight excluding hydrogens is 598 g/mol. The lowest BCUT2D eigenvalue weighted by Crippen LogP contribution is -2.64. The Morgan fingerprint density at radius 1 is 0.886 bits per heavy atom. The molecule has 2 fully saturated rings. The number of esters is 4. The highest BCUT2D eigenvalue weighted by Crippen LogP contribution is 2.37. The monoisotopic (exact) mass is 631 g/mol. The van der Waals surface area contributed by atoms with Gasteiger partial charge in [0.05, 0.1) is 6.61 Å². The van der Waals surface area contributed by atoms with Crippen molar-refractivity contribution in [2.45, 2.75) is 89.0 Å². The fourth-order valence-electron chi connectivity index (χ4n) is 4.91. The van der Waals surface area contributed by atoms with E-state index in [9.17, 15) is 38.7 Å². The summed E-state index contributed by atoms with van der Waals surface area (Å²) in [7, 11) is 1.18. The van der Waals surface area contributed by atoms with Crippen molar-refractivity contribution < 1.29 is 67.0 Å². The number of aliphatic hydroxyl groups excluding tert-OH is 1. The van der Waals surface area contributed by atoms with Crippen LogP contribution >= 0.6 is 0 Å². The Labute approximate surface area is 248 Å². The van der Waals surface area contributed by atoms with Gasteiger partial charge in [-0.3, -0.25) is 38.3 Å². The van der Waals surface area contributed by atoms with Crippen LogP contribution in [-0.4, -0.2) is 113 Å². The minimum atomic E-state index is -1.88. The third-order valence-electron chi connectivity index (χ3n) is 6.46. The molecule has 3 rings (SSSR count). The number of nitrogens with zero attached hydrogens (tertiary/aromatic N) is 1. The molecule has 0 spiro atoms. The summed E-state index contributed by atoms with van der Waals surface area (Å²) in [5.74, 6) is -4.71. The highest BCUT2D eigenvalue weighted by atomic mass is 16.7. The van der Waals surface area contributed by atoms with E-state index in [0.717, 1.165) is 44.5 Å². The van der Waals surface area contributed by atoms with E-state index in [1.165, 1.54) is 7.11 Å². The van der Waals surface area contributed by atoms with Gasteiger partial charge < -0.3 is 48.7 Å². The first kappa shape index (κ1) is 34.3. The predicted octanol–water partition coefficient (Wildman–Crippen LogP) is -3.24. The van der Waals surface area contributed by atoms with Crippen molar-refractivity contribution in [3.05, 3.63) is 33.1 Å². The van der Waals surface area contributed by atoms with Crippen LogP contribution in [0.1, 0.15) is 33.9 Å². The summed E-state index contributed by atoms with van der Waals surface area (Å²) in [5.41, 5.74) is 3.98. The van der Waals surface area contributed by atoms with E-state index >= 15 is 0 Å². The van der Waals surface area contributed by atoms with Crippen LogP contribution in [0.4, 0.5) is 0 Å². The molecule has 244 valence electrons. The maximum absolute atomic E-state index is 12.8. The minimum Gasteiger partial charge on any atom is -0.456 e. The van der Waals surface area contributed by atoms with Crippen LogP contribution in [0.2, 0.25) is 0 Å². The lowest BCUT2D eigenvalue weighted by molar-refractivity contribution is -0.320. The molecule has 19 nitrogen and oxygen atoms in total. The zero-order valence-corrected chi connectivity index (χ0v) is 24.2. The Bertz CT molecular complexity index is 1360. The second kappa shape index (κ2) is 14.5. The summed E-state index contributed by atoms with van der Waals surface area (Å²) in [4.78, 5) is 86.9. The van der Waals surface area contributed by atoms with Crippen molar-refractivity contribution >= 4 is 29.8 Å². The Morgan fingerprint density at radius 3 is 1.93 bits per heavy atom. The molecule has 0 bridgehead atoms. The molecule has 44 heavy (non-hydrogen) atoms. The molecule has 10 atom stereocenters. The van der Waals surface area contributed by atoms with Gasteiger partial charge >= 0.3 is 29.6 Å². The molecule has 0 aliphatic carbocycles. The number of carbonyl (C=O) groups is 5. The molecule has 0 radical (unpaired) electrons. The van der Waals surface area contributed by atoms with Gasteiger partial charge in [0.15, 0.2) is 43.0 Å². The van der Waals surface area contributed by atoms with Gasteiger partial charge in [-0.1, -0.05) is 0 Å². The van der Waals surface area contributed by atoms with E-state index in [1.54, 1.807) is 0 Å². The number of nitrogens with two attached hydrogens (primary N) is 1. The van der Waals surface area contributed by atoms with E-state index in [2.05, 4.69) is 0 Å². The number of aromatic amines is 1. The predicted molar refractivity (Wildman–Crippen MR) is 138 cm³/mol. The third-order valence-corrected chi connectivity index (χ3v) is 6.46. The normalized spacial score (nSPS) is 30.5. The number of H-pyrrole nitrogens is 1. The van der Waals surface area contributed by atoms with E-state index in [4.69, 9.17) is 43.6 Å². The zero-order chi connectivity index (χ0) is 32.9. The van der Waals surface area contributed by atoms with Crippen LogP contribution in [0.5, 0.6) is 0 Å². The highest BCUT2D eigenvalue weighted by molar-refractivity contribution is 5.80. The standard InChI is InChI=1S/C25H33N3O16/c1-9(30)38-15-13(8-29)42-24(21(41-12(4)33)17(15)39-10(2)31)44-19(22(26)35)18-16(37-5)20(40-11(3)32)23(43-18)28-7-6-14(34)27-25(28)36/h6-7,13,15-21,23-24,29H,8H2,1-5H3,(H2,26,35)(H,27,34,36)/t13-,15-,16-,17+,18+,19-,20-,21+,23-,24-/m1/s1. The number of carbonyl (C=O) groups excluding carboxylic acids is 5. The quantitative estimate of drug-likeness (QED) is 0.160. The molecule has 19 heteroatoms. The molecule has 4 N–H and O–H groups in total. The number of amides is 1. The van der Waals surface area contributed by atoms with Gasteiger partial charge in [0, 0.05) is 47.1 Å². The van der Waals surface area contributed by atoms with Crippen molar-refractivity contribution in [1.82, 2.24) is 9.55 Å². The van der Waals surface area contributed by atoms with E-state index in [0.29, 0.717) is 0 Å². The van der Waals surface area contributed by atoms with Crippen molar-refractivity contribution in [3.63, 3.8) is 0 Å². The summed E-state index contributed by atoms with van der Waals surface area (Å²) in [6.45, 7) is 3.31. The van der Waals surface area contributed by atoms with Crippen LogP contribution in [0.15, 0.2) is 21.9 Å². The largest absolute Gasteiger partial charge is 0.456 e. The van der Waals surface area contributed by atoms with E-state index in [1.807, 2.05) is 4.98 Å². The van der Waals surface area contributed by atoms with Crippen LogP contribution in [-0.2, 0) is 61.9 Å². The Balaban J connectivity index is 2.06. The van der Waals surface area contributed by atoms with Gasteiger partial charge in [-0.25, -0.2) is 4.79 Å². The summed E-state index contributed by atoms with van der Waals surface area (Å²) >= 11 is 0. The minimum absolute atomic E-state index is 0.731. The number of ether oxygens (including phenoxy) is 8. The summed E-state index contributed by atoms with van der Waals surface area (Å²) in [6.07, 6.45) is -14.7. The van der Waals surface area contributed by atoms with Crippen LogP contribution in [0.25, 0.3) is 0 Å². The molecule has 0 unspecified atom stereocenters. The fourth-order valence-corrected chi connectivity index (χ4v) is 4.91. The number of nitrogens with one attached hydrogen (secondary N) is 1. The maximum atomic E-state index is 12.8. The molecular formula is C25H33N3O16. The average molecular weight is 632 g/mol. The molecule has 1 aromatic rings. The second-order valence-electron chi connectivity index (χ2n) is 9.69. The molecule has 3 heterocycles. The van der Waals surface area contributed by atoms with Gasteiger partial charge in [-0.05, 0) is 0 Å². The maximum Gasteiger partial charge on any atom is 0.330 e. The Hall–Kier alpha value is -4.17. The Morgan fingerprint density at radius 2 is 1.43 bits per heavy atom. The lowest BCUT2D eigenvalue weighted by atomic mass is 9.97. The van der Waals surface area contributed by atoms with Crippen LogP contribution < -0.4 is 17.0 Å². The molecule has 1 aromatic heterocycles. The van der Waals surface area contributed by atoms with Crippen molar-refractivity contribution in [3.8, 4) is 0 Å². The Kier molecular flexibility index (Phi) is 11.3. The van der Waals surface area contributed by atoms with E-state index < -0.39 is 109 Å². The van der Waals surface area contributed by atoms with Gasteiger partial charge in [0.1, 0.15) is 18.3 Å². The van der Waals surface area contributed by atoms with Gasteiger partial charge in [0.25, 0.3) is 5.56 Å². The first-order chi connectivity index (χ1) is 20.7. The van der Waals surface area contributed by atoms with Gasteiger partial charge in [0.2, 0.25) is 5.91 Å². The fraction of sp³-hybridized carbons (Fsp3) is 0.640. The number of hydrogen-bond acceptors (Lipinski definition) is 16. The number of aliphatic hydroxyl groups is 1. The highest BCUT2D eigenvalue weighted by Gasteiger charge is 2.57. The molecule has 0 aromatic carbocycles. The molecule has 2 saturated heterocycles. The SMILES string of the molecule is CO[C@H]1[C@@H](OC(C)=O)[C@H](n2ccc(=O)[nH]c2=O)O[C@@H]1[C@@H](O[C@H]1O[C@H](CO)[C@@H](OC(C)=O)[C@H](OC(C)=O)[C@@H]1OC(C)=O)C(N)=O. The number of primary amides is 1. The zero-order valence-electron chi connectivity index (χ0n) is 24.2. The number of aromatic nitrogens is 2. The molecule has 2 aliphatic heterocycles. The van der Waals surface area contributed by atoms with E-state index in [-0.39, 0.29) is 0 Å².